The fraction of sp³-hybridized carbons (Fsp3) is 0.462. The highest BCUT2D eigenvalue weighted by molar-refractivity contribution is 5.33. The molecule has 2 aromatic heterocycles. The Kier molecular flexibility index (Phi) is 3.07. The van der Waals surface area contributed by atoms with Crippen LogP contribution in [0.5, 0.6) is 0 Å². The van der Waals surface area contributed by atoms with E-state index in [9.17, 15) is 5.11 Å². The maximum absolute atomic E-state index is 10.2. The van der Waals surface area contributed by atoms with Crippen LogP contribution in [0.4, 0.5) is 0 Å². The SMILES string of the molecule is Cc1oc(C)c(C(O)Cc2ccn(C)n2)c1C. The summed E-state index contributed by atoms with van der Waals surface area (Å²) >= 11 is 0. The molecule has 0 spiro atoms. The molecule has 17 heavy (non-hydrogen) atoms. The van der Waals surface area contributed by atoms with Crippen molar-refractivity contribution >= 4 is 0 Å². The lowest BCUT2D eigenvalue weighted by atomic mass is 10.0. The van der Waals surface area contributed by atoms with Crippen molar-refractivity contribution in [2.45, 2.75) is 33.3 Å². The number of furan rings is 1. The standard InChI is InChI=1S/C13H18N2O2/c1-8-9(2)17-10(3)13(8)12(16)7-11-5-6-15(4)14-11/h5-6,12,16H,7H2,1-4H3. The molecular weight excluding hydrogens is 216 g/mol. The third-order valence-electron chi connectivity index (χ3n) is 3.12. The lowest BCUT2D eigenvalue weighted by Crippen LogP contribution is -2.05. The first-order chi connectivity index (χ1) is 7.99. The summed E-state index contributed by atoms with van der Waals surface area (Å²) in [5.41, 5.74) is 2.82. The Morgan fingerprint density at radius 2 is 2.06 bits per heavy atom. The second-order valence-corrected chi connectivity index (χ2v) is 4.45. The Bertz CT molecular complexity index is 526. The highest BCUT2D eigenvalue weighted by Crippen LogP contribution is 2.28. The quantitative estimate of drug-likeness (QED) is 0.885. The summed E-state index contributed by atoms with van der Waals surface area (Å²) in [4.78, 5) is 0. The van der Waals surface area contributed by atoms with Crippen LogP contribution in [-0.4, -0.2) is 14.9 Å². The van der Waals surface area contributed by atoms with Crippen LogP contribution in [0.15, 0.2) is 16.7 Å². The molecule has 0 aliphatic rings. The van der Waals surface area contributed by atoms with Gasteiger partial charge in [0, 0.05) is 25.2 Å². The maximum atomic E-state index is 10.2. The predicted molar refractivity (Wildman–Crippen MR) is 64.8 cm³/mol. The van der Waals surface area contributed by atoms with Crippen LogP contribution in [-0.2, 0) is 13.5 Å². The summed E-state index contributed by atoms with van der Waals surface area (Å²) in [6.45, 7) is 5.78. The average Bonchev–Trinajstić information content (AvgIpc) is 2.73. The topological polar surface area (TPSA) is 51.2 Å². The number of rotatable bonds is 3. The molecule has 0 bridgehead atoms. The zero-order valence-electron chi connectivity index (χ0n) is 10.7. The van der Waals surface area contributed by atoms with Gasteiger partial charge in [0.1, 0.15) is 11.5 Å². The normalized spacial score (nSPS) is 13.0. The molecule has 0 aliphatic heterocycles. The minimum atomic E-state index is -0.553. The van der Waals surface area contributed by atoms with Crippen molar-refractivity contribution < 1.29 is 9.52 Å². The highest BCUT2D eigenvalue weighted by Gasteiger charge is 2.19. The van der Waals surface area contributed by atoms with Gasteiger partial charge in [0.15, 0.2) is 0 Å². The Balaban J connectivity index is 2.22. The fourth-order valence-electron chi connectivity index (χ4n) is 2.17. The molecule has 4 heteroatoms. The first-order valence-corrected chi connectivity index (χ1v) is 5.72. The molecule has 0 saturated heterocycles. The van der Waals surface area contributed by atoms with E-state index in [0.717, 1.165) is 28.3 Å². The van der Waals surface area contributed by atoms with Gasteiger partial charge in [0.2, 0.25) is 0 Å². The Morgan fingerprint density at radius 3 is 2.53 bits per heavy atom. The molecule has 1 atom stereocenters. The summed E-state index contributed by atoms with van der Waals surface area (Å²) in [5.74, 6) is 1.67. The number of hydrogen-bond acceptors (Lipinski definition) is 3. The van der Waals surface area contributed by atoms with E-state index in [1.165, 1.54) is 0 Å². The summed E-state index contributed by atoms with van der Waals surface area (Å²) < 4.78 is 7.26. The highest BCUT2D eigenvalue weighted by atomic mass is 16.3. The molecule has 2 aromatic rings. The van der Waals surface area contributed by atoms with Crippen LogP contribution in [0.25, 0.3) is 0 Å². The van der Waals surface area contributed by atoms with Gasteiger partial charge in [-0.15, -0.1) is 0 Å². The van der Waals surface area contributed by atoms with Crippen LogP contribution in [0.1, 0.15) is 34.4 Å². The van der Waals surface area contributed by atoms with Crippen molar-refractivity contribution in [3.63, 3.8) is 0 Å². The van der Waals surface area contributed by atoms with Gasteiger partial charge < -0.3 is 9.52 Å². The number of aliphatic hydroxyl groups is 1. The molecule has 0 aromatic carbocycles. The van der Waals surface area contributed by atoms with Crippen LogP contribution in [0.3, 0.4) is 0 Å². The summed E-state index contributed by atoms with van der Waals surface area (Å²) in [5, 5.41) is 14.5. The molecule has 92 valence electrons. The molecular formula is C13H18N2O2. The van der Waals surface area contributed by atoms with Gasteiger partial charge in [0.25, 0.3) is 0 Å². The number of aryl methyl sites for hydroxylation is 3. The van der Waals surface area contributed by atoms with Crippen molar-refractivity contribution in [2.75, 3.05) is 0 Å². The van der Waals surface area contributed by atoms with E-state index in [4.69, 9.17) is 4.42 Å². The van der Waals surface area contributed by atoms with Gasteiger partial charge >= 0.3 is 0 Å². The number of aromatic nitrogens is 2. The minimum Gasteiger partial charge on any atom is -0.466 e. The molecule has 1 unspecified atom stereocenters. The molecule has 0 saturated carbocycles. The molecule has 2 rings (SSSR count). The lowest BCUT2D eigenvalue weighted by Gasteiger charge is -2.09. The Morgan fingerprint density at radius 1 is 1.35 bits per heavy atom. The molecule has 0 amide bonds. The van der Waals surface area contributed by atoms with Crippen LogP contribution < -0.4 is 0 Å². The molecule has 0 fully saturated rings. The van der Waals surface area contributed by atoms with E-state index >= 15 is 0 Å². The van der Waals surface area contributed by atoms with E-state index < -0.39 is 6.10 Å². The van der Waals surface area contributed by atoms with E-state index in [0.29, 0.717) is 6.42 Å². The monoisotopic (exact) mass is 234 g/mol. The second kappa shape index (κ2) is 4.37. The third-order valence-corrected chi connectivity index (χ3v) is 3.12. The number of aliphatic hydroxyl groups excluding tert-OH is 1. The van der Waals surface area contributed by atoms with Gasteiger partial charge in [-0.3, -0.25) is 4.68 Å². The predicted octanol–water partition coefficient (Wildman–Crippen LogP) is 2.21. The van der Waals surface area contributed by atoms with Crippen LogP contribution in [0.2, 0.25) is 0 Å². The molecule has 4 nitrogen and oxygen atoms in total. The zero-order chi connectivity index (χ0) is 12.6. The van der Waals surface area contributed by atoms with Gasteiger partial charge in [-0.25, -0.2) is 0 Å². The average molecular weight is 234 g/mol. The smallest absolute Gasteiger partial charge is 0.107 e. The van der Waals surface area contributed by atoms with Gasteiger partial charge in [-0.2, -0.15) is 5.10 Å². The number of nitrogens with zero attached hydrogens (tertiary/aromatic N) is 2. The van der Waals surface area contributed by atoms with Gasteiger partial charge in [0.05, 0.1) is 11.8 Å². The van der Waals surface area contributed by atoms with Crippen LogP contribution >= 0.6 is 0 Å². The van der Waals surface area contributed by atoms with Crippen molar-refractivity contribution in [1.82, 2.24) is 9.78 Å². The molecule has 1 N–H and O–H groups in total. The van der Waals surface area contributed by atoms with Crippen molar-refractivity contribution in [2.24, 2.45) is 7.05 Å². The second-order valence-electron chi connectivity index (χ2n) is 4.45. The van der Waals surface area contributed by atoms with E-state index in [-0.39, 0.29) is 0 Å². The zero-order valence-corrected chi connectivity index (χ0v) is 10.7. The minimum absolute atomic E-state index is 0.515. The van der Waals surface area contributed by atoms with E-state index in [2.05, 4.69) is 5.10 Å². The van der Waals surface area contributed by atoms with Crippen molar-refractivity contribution in [1.29, 1.82) is 0 Å². The number of hydrogen-bond donors (Lipinski definition) is 1. The van der Waals surface area contributed by atoms with E-state index in [1.807, 2.05) is 40.1 Å². The maximum Gasteiger partial charge on any atom is 0.107 e. The largest absolute Gasteiger partial charge is 0.466 e. The lowest BCUT2D eigenvalue weighted by molar-refractivity contribution is 0.174. The van der Waals surface area contributed by atoms with Crippen molar-refractivity contribution in [3.8, 4) is 0 Å². The summed E-state index contributed by atoms with van der Waals surface area (Å²) in [6.07, 6.45) is 1.84. The molecule has 0 aliphatic carbocycles. The van der Waals surface area contributed by atoms with Gasteiger partial charge in [-0.1, -0.05) is 0 Å². The van der Waals surface area contributed by atoms with Crippen LogP contribution in [0, 0.1) is 20.8 Å². The van der Waals surface area contributed by atoms with E-state index in [1.54, 1.807) is 4.68 Å². The fourth-order valence-corrected chi connectivity index (χ4v) is 2.17. The van der Waals surface area contributed by atoms with Crippen molar-refractivity contribution in [3.05, 3.63) is 40.6 Å². The summed E-state index contributed by atoms with van der Waals surface area (Å²) in [7, 11) is 1.87. The summed E-state index contributed by atoms with van der Waals surface area (Å²) in [6, 6.07) is 1.92. The first kappa shape index (κ1) is 11.9. The Labute approximate surface area is 101 Å². The van der Waals surface area contributed by atoms with Gasteiger partial charge in [-0.05, 0) is 32.4 Å². The molecule has 2 heterocycles. The molecule has 0 radical (unpaired) electrons. The third kappa shape index (κ3) is 2.26. The first-order valence-electron chi connectivity index (χ1n) is 5.72. The Hall–Kier alpha value is -1.55.